The number of nitrogens with one attached hydrogen (secondary N) is 1. The molecule has 0 bridgehead atoms. The quantitative estimate of drug-likeness (QED) is 0.868. The van der Waals surface area contributed by atoms with Crippen LogP contribution in [-0.2, 0) is 14.3 Å². The maximum absolute atomic E-state index is 11.6. The normalized spacial score (nSPS) is 14.1. The van der Waals surface area contributed by atoms with E-state index < -0.39 is 5.91 Å². The first-order valence-corrected chi connectivity index (χ1v) is 6.52. The van der Waals surface area contributed by atoms with Crippen LogP contribution in [0.1, 0.15) is 18.5 Å². The van der Waals surface area contributed by atoms with Crippen LogP contribution in [0.25, 0.3) is 0 Å². The van der Waals surface area contributed by atoms with Crippen LogP contribution >= 0.6 is 23.2 Å². The number of carbonyl (C=O) groups is 2. The summed E-state index contributed by atoms with van der Waals surface area (Å²) in [6.07, 6.45) is 1.68. The van der Waals surface area contributed by atoms with Crippen molar-refractivity contribution in [2.45, 2.75) is 19.8 Å². The summed E-state index contributed by atoms with van der Waals surface area (Å²) in [7, 11) is 0. The second-order valence-electron chi connectivity index (χ2n) is 4.32. The van der Waals surface area contributed by atoms with E-state index in [4.69, 9.17) is 27.9 Å². The number of ether oxygens (including phenoxy) is 1. The number of nitrogens with zero attached hydrogens (tertiary/aromatic N) is 1. The summed E-state index contributed by atoms with van der Waals surface area (Å²) in [5.74, 6) is -0.644. The van der Waals surface area contributed by atoms with Gasteiger partial charge in [0.25, 0.3) is 5.91 Å². The van der Waals surface area contributed by atoms with Crippen molar-refractivity contribution in [1.29, 1.82) is 0 Å². The monoisotopic (exact) mass is 302 g/mol. The Bertz CT molecular complexity index is 530. The Hall–Kier alpha value is -1.33. The molecule has 0 radical (unpaired) electrons. The molecule has 1 fully saturated rings. The molecule has 0 aromatic carbocycles. The van der Waals surface area contributed by atoms with E-state index in [0.717, 1.165) is 12.8 Å². The second kappa shape index (κ2) is 5.75. The van der Waals surface area contributed by atoms with Gasteiger partial charge in [-0.05, 0) is 25.8 Å². The summed E-state index contributed by atoms with van der Waals surface area (Å²) in [6.45, 7) is 1.36. The van der Waals surface area contributed by atoms with Gasteiger partial charge in [-0.15, -0.1) is 0 Å². The number of amides is 1. The number of halogens is 2. The Morgan fingerprint density at radius 2 is 2.11 bits per heavy atom. The number of pyridine rings is 1. The second-order valence-corrected chi connectivity index (χ2v) is 5.13. The molecule has 0 saturated heterocycles. The number of aryl methyl sites for hydroxylation is 1. The minimum atomic E-state index is -0.481. The van der Waals surface area contributed by atoms with E-state index in [0.29, 0.717) is 10.7 Å². The molecule has 1 heterocycles. The molecule has 0 atom stereocenters. The maximum atomic E-state index is 11.6. The molecule has 2 rings (SSSR count). The van der Waals surface area contributed by atoms with Crippen LogP contribution in [-0.4, -0.2) is 23.5 Å². The number of esters is 1. The molecule has 1 saturated carbocycles. The van der Waals surface area contributed by atoms with E-state index in [1.807, 2.05) is 0 Å². The highest BCUT2D eigenvalue weighted by Gasteiger charge is 2.31. The maximum Gasteiger partial charge on any atom is 0.309 e. The van der Waals surface area contributed by atoms with Crippen molar-refractivity contribution in [3.63, 3.8) is 0 Å². The van der Waals surface area contributed by atoms with E-state index in [9.17, 15) is 9.59 Å². The van der Waals surface area contributed by atoms with Gasteiger partial charge >= 0.3 is 5.97 Å². The molecule has 1 aliphatic carbocycles. The van der Waals surface area contributed by atoms with Crippen molar-refractivity contribution >= 4 is 40.9 Å². The van der Waals surface area contributed by atoms with Gasteiger partial charge < -0.3 is 10.1 Å². The zero-order chi connectivity index (χ0) is 14.0. The first kappa shape index (κ1) is 14.1. The minimum absolute atomic E-state index is 0.0349. The van der Waals surface area contributed by atoms with Crippen molar-refractivity contribution in [3.8, 4) is 0 Å². The molecule has 19 heavy (non-hydrogen) atoms. The number of aromatic nitrogens is 1. The van der Waals surface area contributed by atoms with E-state index in [-0.39, 0.29) is 29.3 Å². The van der Waals surface area contributed by atoms with Crippen LogP contribution in [0.5, 0.6) is 0 Å². The molecule has 102 valence electrons. The van der Waals surface area contributed by atoms with Crippen LogP contribution < -0.4 is 5.32 Å². The Labute approximate surface area is 120 Å². The zero-order valence-electron chi connectivity index (χ0n) is 10.2. The standard InChI is InChI=1S/C12H12Cl2N2O3/c1-6-8(13)4-9(14)11(15-6)16-10(17)5-19-12(18)7-2-3-7/h4,7H,2-3,5H2,1H3,(H,15,16,17). The molecule has 0 aliphatic heterocycles. The molecule has 0 spiro atoms. The van der Waals surface area contributed by atoms with Crippen molar-refractivity contribution in [2.24, 2.45) is 5.92 Å². The van der Waals surface area contributed by atoms with Gasteiger partial charge in [-0.3, -0.25) is 9.59 Å². The van der Waals surface area contributed by atoms with E-state index in [1.54, 1.807) is 6.92 Å². The van der Waals surface area contributed by atoms with Crippen molar-refractivity contribution in [3.05, 3.63) is 21.8 Å². The number of rotatable bonds is 4. The van der Waals surface area contributed by atoms with Gasteiger partial charge in [-0.1, -0.05) is 23.2 Å². The molecule has 1 aliphatic rings. The first-order chi connectivity index (χ1) is 8.97. The van der Waals surface area contributed by atoms with Crippen molar-refractivity contribution in [1.82, 2.24) is 4.98 Å². The number of hydrogen-bond donors (Lipinski definition) is 1. The summed E-state index contributed by atoms with van der Waals surface area (Å²) in [5, 5.41) is 3.13. The van der Waals surface area contributed by atoms with Gasteiger partial charge in [0.1, 0.15) is 0 Å². The Balaban J connectivity index is 1.91. The van der Waals surface area contributed by atoms with Gasteiger partial charge in [0.15, 0.2) is 12.4 Å². The summed E-state index contributed by atoms with van der Waals surface area (Å²) in [6, 6.07) is 1.50. The Kier molecular flexibility index (Phi) is 4.27. The highest BCUT2D eigenvalue weighted by Crippen LogP contribution is 2.30. The highest BCUT2D eigenvalue weighted by molar-refractivity contribution is 6.36. The van der Waals surface area contributed by atoms with Crippen molar-refractivity contribution < 1.29 is 14.3 Å². The lowest BCUT2D eigenvalue weighted by atomic mass is 10.3. The molecule has 0 unspecified atom stereocenters. The predicted octanol–water partition coefficient (Wildman–Crippen LogP) is 2.59. The third-order valence-corrected chi connectivity index (χ3v) is 3.29. The van der Waals surface area contributed by atoms with Crippen LogP contribution in [0.3, 0.4) is 0 Å². The lowest BCUT2D eigenvalue weighted by molar-refractivity contribution is -0.148. The lowest BCUT2D eigenvalue weighted by Crippen LogP contribution is -2.22. The number of hydrogen-bond acceptors (Lipinski definition) is 4. The molecule has 1 aromatic rings. The summed E-state index contributed by atoms with van der Waals surface area (Å²) < 4.78 is 4.85. The molecule has 1 amide bonds. The lowest BCUT2D eigenvalue weighted by Gasteiger charge is -2.08. The predicted molar refractivity (Wildman–Crippen MR) is 71.3 cm³/mol. The fourth-order valence-corrected chi connectivity index (χ4v) is 1.79. The fourth-order valence-electron chi connectivity index (χ4n) is 1.39. The van der Waals surface area contributed by atoms with Crippen LogP contribution in [0.15, 0.2) is 6.07 Å². The van der Waals surface area contributed by atoms with E-state index in [1.165, 1.54) is 6.07 Å². The average molecular weight is 303 g/mol. The first-order valence-electron chi connectivity index (χ1n) is 5.76. The van der Waals surface area contributed by atoms with Gasteiger partial charge in [-0.2, -0.15) is 0 Å². The molecular weight excluding hydrogens is 291 g/mol. The van der Waals surface area contributed by atoms with Crippen molar-refractivity contribution in [2.75, 3.05) is 11.9 Å². The average Bonchev–Trinajstić information content (AvgIpc) is 3.17. The largest absolute Gasteiger partial charge is 0.455 e. The Morgan fingerprint density at radius 1 is 1.42 bits per heavy atom. The van der Waals surface area contributed by atoms with Gasteiger partial charge in [0.05, 0.1) is 21.7 Å². The third-order valence-electron chi connectivity index (χ3n) is 2.62. The number of carbonyl (C=O) groups excluding carboxylic acids is 2. The van der Waals surface area contributed by atoms with Gasteiger partial charge in [-0.25, -0.2) is 4.98 Å². The number of anilines is 1. The van der Waals surface area contributed by atoms with Gasteiger partial charge in [0.2, 0.25) is 0 Å². The smallest absolute Gasteiger partial charge is 0.309 e. The third kappa shape index (κ3) is 3.81. The topological polar surface area (TPSA) is 68.3 Å². The SMILES string of the molecule is Cc1nc(NC(=O)COC(=O)C2CC2)c(Cl)cc1Cl. The van der Waals surface area contributed by atoms with Crippen LogP contribution in [0.4, 0.5) is 5.82 Å². The Morgan fingerprint density at radius 3 is 2.74 bits per heavy atom. The molecule has 1 aromatic heterocycles. The summed E-state index contributed by atoms with van der Waals surface area (Å²) in [5.41, 5.74) is 0.552. The molecule has 1 N–H and O–H groups in total. The van der Waals surface area contributed by atoms with Gasteiger partial charge in [0, 0.05) is 0 Å². The molecule has 5 nitrogen and oxygen atoms in total. The van der Waals surface area contributed by atoms with Crippen LogP contribution in [0, 0.1) is 12.8 Å². The zero-order valence-corrected chi connectivity index (χ0v) is 11.7. The van der Waals surface area contributed by atoms with E-state index in [2.05, 4.69) is 10.3 Å². The summed E-state index contributed by atoms with van der Waals surface area (Å²) >= 11 is 11.7. The minimum Gasteiger partial charge on any atom is -0.455 e. The summed E-state index contributed by atoms with van der Waals surface area (Å²) in [4.78, 5) is 26.9. The highest BCUT2D eigenvalue weighted by atomic mass is 35.5. The molecule has 7 heteroatoms. The molecular formula is C12H12Cl2N2O3. The van der Waals surface area contributed by atoms with E-state index >= 15 is 0 Å². The van der Waals surface area contributed by atoms with Crippen LogP contribution in [0.2, 0.25) is 10.0 Å². The fraction of sp³-hybridized carbons (Fsp3) is 0.417.